The van der Waals surface area contributed by atoms with Crippen molar-refractivity contribution >= 4 is 11.8 Å². The van der Waals surface area contributed by atoms with E-state index in [1.165, 1.54) is 0 Å². The van der Waals surface area contributed by atoms with Crippen LogP contribution in [0.3, 0.4) is 0 Å². The average molecular weight is 326 g/mol. The lowest BCUT2D eigenvalue weighted by Crippen LogP contribution is -2.36. The molecule has 2 aromatic rings. The number of nitrogens with zero attached hydrogens (tertiary/aromatic N) is 1. The van der Waals surface area contributed by atoms with Crippen LogP contribution in [0.25, 0.3) is 0 Å². The molecule has 0 bridgehead atoms. The lowest BCUT2D eigenvalue weighted by molar-refractivity contribution is -0.134. The second-order valence-electron chi connectivity index (χ2n) is 5.62. The van der Waals surface area contributed by atoms with E-state index in [4.69, 9.17) is 10.5 Å². The van der Waals surface area contributed by atoms with Crippen molar-refractivity contribution in [3.8, 4) is 5.75 Å². The molecule has 0 saturated heterocycles. The van der Waals surface area contributed by atoms with Gasteiger partial charge in [0.25, 0.3) is 5.91 Å². The van der Waals surface area contributed by atoms with E-state index < -0.39 is 5.91 Å². The Balaban J connectivity index is 1.97. The summed E-state index contributed by atoms with van der Waals surface area (Å²) in [4.78, 5) is 25.1. The molecule has 2 aromatic carbocycles. The molecule has 5 heteroatoms. The number of benzene rings is 2. The molecule has 5 nitrogen and oxygen atoms in total. The van der Waals surface area contributed by atoms with E-state index in [9.17, 15) is 9.59 Å². The van der Waals surface area contributed by atoms with Gasteiger partial charge in [-0.25, -0.2) is 0 Å². The summed E-state index contributed by atoms with van der Waals surface area (Å²) < 4.78 is 5.54. The van der Waals surface area contributed by atoms with Gasteiger partial charge in [0.2, 0.25) is 5.91 Å². The molecule has 2 N–H and O–H groups in total. The van der Waals surface area contributed by atoms with Crippen LogP contribution in [-0.4, -0.2) is 29.9 Å². The molecule has 0 spiro atoms. The van der Waals surface area contributed by atoms with Crippen LogP contribution in [-0.2, 0) is 16.1 Å². The molecule has 0 heterocycles. The molecule has 0 fully saturated rings. The van der Waals surface area contributed by atoms with Crippen LogP contribution in [0.4, 0.5) is 0 Å². The predicted molar refractivity (Wildman–Crippen MR) is 92.3 cm³/mol. The van der Waals surface area contributed by atoms with E-state index in [1.807, 2.05) is 61.5 Å². The lowest BCUT2D eigenvalue weighted by atomic mass is 10.2. The minimum atomic E-state index is -0.430. The van der Waals surface area contributed by atoms with Gasteiger partial charge in [0, 0.05) is 19.5 Å². The second kappa shape index (κ2) is 8.72. The van der Waals surface area contributed by atoms with Crippen molar-refractivity contribution in [1.29, 1.82) is 0 Å². The summed E-state index contributed by atoms with van der Waals surface area (Å²) >= 11 is 0. The van der Waals surface area contributed by atoms with Crippen molar-refractivity contribution in [3.63, 3.8) is 0 Å². The van der Waals surface area contributed by atoms with E-state index in [2.05, 4.69) is 0 Å². The average Bonchev–Trinajstić information content (AvgIpc) is 2.58. The summed E-state index contributed by atoms with van der Waals surface area (Å²) in [6, 6.07) is 17.1. The Kier molecular flexibility index (Phi) is 6.37. The molecule has 0 aliphatic carbocycles. The first-order valence-corrected chi connectivity index (χ1v) is 7.84. The Morgan fingerprint density at radius 2 is 1.71 bits per heavy atom. The van der Waals surface area contributed by atoms with Gasteiger partial charge in [0.1, 0.15) is 5.75 Å². The van der Waals surface area contributed by atoms with Crippen LogP contribution >= 0.6 is 0 Å². The molecule has 0 atom stereocenters. The summed E-state index contributed by atoms with van der Waals surface area (Å²) in [5, 5.41) is 0. The predicted octanol–water partition coefficient (Wildman–Crippen LogP) is 2.28. The Morgan fingerprint density at radius 1 is 1.04 bits per heavy atom. The van der Waals surface area contributed by atoms with E-state index in [0.717, 1.165) is 11.1 Å². The fourth-order valence-corrected chi connectivity index (χ4v) is 2.21. The van der Waals surface area contributed by atoms with Gasteiger partial charge in [-0.1, -0.05) is 48.0 Å². The quantitative estimate of drug-likeness (QED) is 0.809. The highest BCUT2D eigenvalue weighted by Crippen LogP contribution is 2.12. The number of carbonyl (C=O) groups is 2. The fourth-order valence-electron chi connectivity index (χ4n) is 2.21. The maximum absolute atomic E-state index is 12.4. The fraction of sp³-hybridized carbons (Fsp3) is 0.263. The smallest absolute Gasteiger partial charge is 0.260 e. The van der Waals surface area contributed by atoms with E-state index in [0.29, 0.717) is 12.3 Å². The summed E-state index contributed by atoms with van der Waals surface area (Å²) in [7, 11) is 0. The molecule has 126 valence electrons. The van der Waals surface area contributed by atoms with Crippen LogP contribution in [0.15, 0.2) is 54.6 Å². The highest BCUT2D eigenvalue weighted by Gasteiger charge is 2.15. The topological polar surface area (TPSA) is 72.6 Å². The maximum atomic E-state index is 12.4. The number of ether oxygens (including phenoxy) is 1. The zero-order valence-corrected chi connectivity index (χ0v) is 13.8. The minimum Gasteiger partial charge on any atom is -0.484 e. The maximum Gasteiger partial charge on any atom is 0.260 e. The van der Waals surface area contributed by atoms with Crippen molar-refractivity contribution < 1.29 is 14.3 Å². The van der Waals surface area contributed by atoms with Crippen LogP contribution < -0.4 is 10.5 Å². The molecule has 2 amide bonds. The summed E-state index contributed by atoms with van der Waals surface area (Å²) in [6.45, 7) is 2.61. The summed E-state index contributed by atoms with van der Waals surface area (Å²) in [6.07, 6.45) is 0.128. The van der Waals surface area contributed by atoms with Crippen LogP contribution in [0.2, 0.25) is 0 Å². The summed E-state index contributed by atoms with van der Waals surface area (Å²) in [5.74, 6) is 0.0319. The van der Waals surface area contributed by atoms with Crippen molar-refractivity contribution in [3.05, 3.63) is 65.7 Å². The second-order valence-corrected chi connectivity index (χ2v) is 5.62. The number of hydrogen-bond acceptors (Lipinski definition) is 3. The highest BCUT2D eigenvalue weighted by molar-refractivity contribution is 5.79. The molecule has 0 saturated carbocycles. The standard InChI is InChI=1S/C19H22N2O3/c1-15-7-9-17(10-8-15)24-14-19(23)21(12-11-18(20)22)13-16-5-3-2-4-6-16/h2-10H,11-14H2,1H3,(H2,20,22). The van der Waals surface area contributed by atoms with Gasteiger partial charge in [0.15, 0.2) is 6.61 Å². The van der Waals surface area contributed by atoms with Crippen molar-refractivity contribution in [1.82, 2.24) is 4.90 Å². The van der Waals surface area contributed by atoms with Gasteiger partial charge in [-0.15, -0.1) is 0 Å². The first-order valence-electron chi connectivity index (χ1n) is 7.84. The molecule has 2 rings (SSSR count). The Labute approximate surface area is 142 Å². The third kappa shape index (κ3) is 5.76. The minimum absolute atomic E-state index is 0.0747. The number of rotatable bonds is 8. The molecule has 0 aliphatic rings. The van der Waals surface area contributed by atoms with E-state index in [-0.39, 0.29) is 25.5 Å². The third-order valence-electron chi connectivity index (χ3n) is 3.58. The summed E-state index contributed by atoms with van der Waals surface area (Å²) in [5.41, 5.74) is 7.32. The number of amides is 2. The number of nitrogens with two attached hydrogens (primary N) is 1. The first-order chi connectivity index (χ1) is 11.5. The Bertz CT molecular complexity index is 669. The van der Waals surface area contributed by atoms with E-state index in [1.54, 1.807) is 4.90 Å². The van der Waals surface area contributed by atoms with Crippen LogP contribution in [0, 0.1) is 6.92 Å². The van der Waals surface area contributed by atoms with Gasteiger partial charge in [-0.3, -0.25) is 9.59 Å². The van der Waals surface area contributed by atoms with Crippen molar-refractivity contribution in [2.75, 3.05) is 13.2 Å². The van der Waals surface area contributed by atoms with Gasteiger partial charge in [-0.05, 0) is 24.6 Å². The monoisotopic (exact) mass is 326 g/mol. The van der Waals surface area contributed by atoms with Gasteiger partial charge in [0.05, 0.1) is 0 Å². The molecule has 0 aliphatic heterocycles. The SMILES string of the molecule is Cc1ccc(OCC(=O)N(CCC(N)=O)Cc2ccccc2)cc1. The van der Waals surface area contributed by atoms with Crippen LogP contribution in [0.1, 0.15) is 17.5 Å². The molecule has 0 aromatic heterocycles. The molecule has 0 unspecified atom stereocenters. The number of hydrogen-bond donors (Lipinski definition) is 1. The molecule has 0 radical (unpaired) electrons. The molecular weight excluding hydrogens is 304 g/mol. The van der Waals surface area contributed by atoms with Crippen molar-refractivity contribution in [2.24, 2.45) is 5.73 Å². The van der Waals surface area contributed by atoms with Gasteiger partial charge < -0.3 is 15.4 Å². The lowest BCUT2D eigenvalue weighted by Gasteiger charge is -2.22. The van der Waals surface area contributed by atoms with Gasteiger partial charge >= 0.3 is 0 Å². The Hall–Kier alpha value is -2.82. The third-order valence-corrected chi connectivity index (χ3v) is 3.58. The Morgan fingerprint density at radius 3 is 2.33 bits per heavy atom. The van der Waals surface area contributed by atoms with E-state index >= 15 is 0 Å². The van der Waals surface area contributed by atoms with Gasteiger partial charge in [-0.2, -0.15) is 0 Å². The number of aryl methyl sites for hydroxylation is 1. The zero-order valence-electron chi connectivity index (χ0n) is 13.8. The number of carbonyl (C=O) groups excluding carboxylic acids is 2. The highest BCUT2D eigenvalue weighted by atomic mass is 16.5. The van der Waals surface area contributed by atoms with Crippen molar-refractivity contribution in [2.45, 2.75) is 19.9 Å². The van der Waals surface area contributed by atoms with Crippen LogP contribution in [0.5, 0.6) is 5.75 Å². The molecular formula is C19H22N2O3. The normalized spacial score (nSPS) is 10.2. The zero-order chi connectivity index (χ0) is 17.4. The molecule has 24 heavy (non-hydrogen) atoms. The number of primary amides is 1. The largest absolute Gasteiger partial charge is 0.484 e. The first kappa shape index (κ1) is 17.5.